The van der Waals surface area contributed by atoms with Gasteiger partial charge in [-0.15, -0.1) is 0 Å². The van der Waals surface area contributed by atoms with Gasteiger partial charge in [-0.05, 0) is 51.6 Å². The molecule has 2 fully saturated rings. The van der Waals surface area contributed by atoms with E-state index in [1.54, 1.807) is 0 Å². The Hall–Kier alpha value is -0.290. The van der Waals surface area contributed by atoms with E-state index < -0.39 is 12.1 Å². The molecule has 1 saturated carbocycles. The Bertz CT molecular complexity index is 279. The van der Waals surface area contributed by atoms with Crippen LogP contribution in [0.25, 0.3) is 0 Å². The number of rotatable bonds is 4. The second kappa shape index (κ2) is 7.12. The van der Waals surface area contributed by atoms with E-state index in [1.165, 1.54) is 19.3 Å². The van der Waals surface area contributed by atoms with E-state index >= 15 is 0 Å². The maximum atomic E-state index is 12.7. The first-order valence-corrected chi connectivity index (χ1v) is 8.05. The molecule has 1 unspecified atom stereocenters. The van der Waals surface area contributed by atoms with E-state index in [1.807, 2.05) is 0 Å². The number of alkyl halides is 3. The zero-order valence-corrected chi connectivity index (χ0v) is 12.4. The number of nitrogens with one attached hydrogen (secondary N) is 1. The summed E-state index contributed by atoms with van der Waals surface area (Å²) in [7, 11) is 0. The first kappa shape index (κ1) is 16.1. The summed E-state index contributed by atoms with van der Waals surface area (Å²) in [5, 5.41) is 3.53. The number of halogens is 3. The highest BCUT2D eigenvalue weighted by molar-refractivity contribution is 4.85. The fraction of sp³-hybridized carbons (Fsp3) is 1.00. The standard InChI is InChI=1S/C15H27F3N2/c1-2-20(11-13-5-3-4-10-19-13)14-8-6-12(7-9-14)15(16,17)18/h12-14,19H,2-11H2,1H3. The third-order valence-corrected chi connectivity index (χ3v) is 4.95. The Morgan fingerprint density at radius 2 is 1.75 bits per heavy atom. The van der Waals surface area contributed by atoms with Crippen molar-refractivity contribution in [3.8, 4) is 0 Å². The third-order valence-electron chi connectivity index (χ3n) is 4.95. The van der Waals surface area contributed by atoms with Gasteiger partial charge in [-0.1, -0.05) is 13.3 Å². The van der Waals surface area contributed by atoms with Gasteiger partial charge in [0.2, 0.25) is 0 Å². The lowest BCUT2D eigenvalue weighted by molar-refractivity contribution is -0.184. The van der Waals surface area contributed by atoms with Gasteiger partial charge in [0.05, 0.1) is 5.92 Å². The molecule has 2 rings (SSSR count). The molecule has 0 radical (unpaired) electrons. The van der Waals surface area contributed by atoms with Crippen LogP contribution in [0, 0.1) is 5.92 Å². The number of hydrogen-bond donors (Lipinski definition) is 1. The van der Waals surface area contributed by atoms with Crippen LogP contribution in [-0.4, -0.2) is 42.8 Å². The molecular weight excluding hydrogens is 265 g/mol. The van der Waals surface area contributed by atoms with E-state index in [2.05, 4.69) is 17.1 Å². The lowest BCUT2D eigenvalue weighted by atomic mass is 9.84. The quantitative estimate of drug-likeness (QED) is 0.852. The molecule has 1 N–H and O–H groups in total. The fourth-order valence-corrected chi connectivity index (χ4v) is 3.67. The molecule has 20 heavy (non-hydrogen) atoms. The van der Waals surface area contributed by atoms with Gasteiger partial charge in [-0.3, -0.25) is 4.90 Å². The highest BCUT2D eigenvalue weighted by Gasteiger charge is 2.42. The number of piperidine rings is 1. The minimum absolute atomic E-state index is 0.308. The summed E-state index contributed by atoms with van der Waals surface area (Å²) in [6, 6.07) is 0.881. The van der Waals surface area contributed by atoms with Crippen LogP contribution in [0.15, 0.2) is 0 Å². The smallest absolute Gasteiger partial charge is 0.313 e. The predicted molar refractivity (Wildman–Crippen MR) is 74.7 cm³/mol. The number of hydrogen-bond acceptors (Lipinski definition) is 2. The van der Waals surface area contributed by atoms with Crippen LogP contribution in [0.3, 0.4) is 0 Å². The summed E-state index contributed by atoms with van der Waals surface area (Å²) in [5.74, 6) is -1.06. The van der Waals surface area contributed by atoms with Crippen molar-refractivity contribution < 1.29 is 13.2 Å². The molecule has 0 bridgehead atoms. The van der Waals surface area contributed by atoms with Crippen LogP contribution >= 0.6 is 0 Å². The predicted octanol–water partition coefficient (Wildman–Crippen LogP) is 3.57. The number of likely N-dealkylation sites (N-methyl/N-ethyl adjacent to an activating group) is 1. The minimum atomic E-state index is -3.99. The monoisotopic (exact) mass is 292 g/mol. The lowest BCUT2D eigenvalue weighted by Gasteiger charge is -2.39. The SMILES string of the molecule is CCN(CC1CCCCN1)C1CCC(C(F)(F)F)CC1. The van der Waals surface area contributed by atoms with Crippen molar-refractivity contribution in [1.82, 2.24) is 10.2 Å². The second-order valence-corrected chi connectivity index (χ2v) is 6.28. The molecular formula is C15H27F3N2. The largest absolute Gasteiger partial charge is 0.391 e. The summed E-state index contributed by atoms with van der Waals surface area (Å²) in [5.41, 5.74) is 0. The normalized spacial score (nSPS) is 32.5. The average Bonchev–Trinajstić information content (AvgIpc) is 2.45. The van der Waals surface area contributed by atoms with Crippen LogP contribution < -0.4 is 5.32 Å². The first-order chi connectivity index (χ1) is 9.50. The van der Waals surface area contributed by atoms with Crippen LogP contribution in [0.2, 0.25) is 0 Å². The van der Waals surface area contributed by atoms with Gasteiger partial charge in [-0.2, -0.15) is 13.2 Å². The molecule has 1 saturated heterocycles. The molecule has 118 valence electrons. The summed E-state index contributed by atoms with van der Waals surface area (Å²) < 4.78 is 38.1. The van der Waals surface area contributed by atoms with Crippen molar-refractivity contribution in [3.05, 3.63) is 0 Å². The molecule has 0 spiro atoms. The number of nitrogens with zero attached hydrogens (tertiary/aromatic N) is 1. The van der Waals surface area contributed by atoms with Gasteiger partial charge in [-0.25, -0.2) is 0 Å². The summed E-state index contributed by atoms with van der Waals surface area (Å²) in [4.78, 5) is 2.40. The summed E-state index contributed by atoms with van der Waals surface area (Å²) in [6.45, 7) is 5.15. The molecule has 2 nitrogen and oxygen atoms in total. The van der Waals surface area contributed by atoms with Gasteiger partial charge in [0.1, 0.15) is 0 Å². The van der Waals surface area contributed by atoms with Crippen molar-refractivity contribution in [3.63, 3.8) is 0 Å². The van der Waals surface area contributed by atoms with Crippen molar-refractivity contribution in [2.45, 2.75) is 70.1 Å². The molecule has 1 heterocycles. The molecule has 0 aromatic carbocycles. The van der Waals surface area contributed by atoms with Gasteiger partial charge in [0, 0.05) is 18.6 Å². The highest BCUT2D eigenvalue weighted by atomic mass is 19.4. The molecule has 1 aliphatic heterocycles. The maximum Gasteiger partial charge on any atom is 0.391 e. The third kappa shape index (κ3) is 4.35. The maximum absolute atomic E-state index is 12.7. The zero-order valence-electron chi connectivity index (χ0n) is 12.4. The van der Waals surface area contributed by atoms with Gasteiger partial charge in [0.15, 0.2) is 0 Å². The van der Waals surface area contributed by atoms with Crippen molar-refractivity contribution >= 4 is 0 Å². The fourth-order valence-electron chi connectivity index (χ4n) is 3.67. The average molecular weight is 292 g/mol. The Kier molecular flexibility index (Phi) is 5.73. The Balaban J connectivity index is 1.80. The Morgan fingerprint density at radius 1 is 1.05 bits per heavy atom. The molecule has 1 aliphatic carbocycles. The van der Waals surface area contributed by atoms with Gasteiger partial charge >= 0.3 is 6.18 Å². The Morgan fingerprint density at radius 3 is 2.25 bits per heavy atom. The molecule has 0 amide bonds. The van der Waals surface area contributed by atoms with Crippen LogP contribution in [0.4, 0.5) is 13.2 Å². The van der Waals surface area contributed by atoms with Crippen LogP contribution in [0.5, 0.6) is 0 Å². The van der Waals surface area contributed by atoms with Crippen molar-refractivity contribution in [1.29, 1.82) is 0 Å². The zero-order chi connectivity index (χ0) is 14.6. The van der Waals surface area contributed by atoms with Crippen molar-refractivity contribution in [2.24, 2.45) is 5.92 Å². The highest BCUT2D eigenvalue weighted by Crippen LogP contribution is 2.38. The minimum Gasteiger partial charge on any atom is -0.313 e. The lowest BCUT2D eigenvalue weighted by Crippen LogP contribution is -2.48. The van der Waals surface area contributed by atoms with Crippen LogP contribution in [-0.2, 0) is 0 Å². The van der Waals surface area contributed by atoms with Gasteiger partial charge in [0.25, 0.3) is 0 Å². The summed E-state index contributed by atoms with van der Waals surface area (Å²) in [6.07, 6.45) is 1.75. The van der Waals surface area contributed by atoms with E-state index in [0.29, 0.717) is 37.8 Å². The first-order valence-electron chi connectivity index (χ1n) is 8.05. The van der Waals surface area contributed by atoms with Gasteiger partial charge < -0.3 is 5.32 Å². The van der Waals surface area contributed by atoms with Crippen molar-refractivity contribution in [2.75, 3.05) is 19.6 Å². The molecule has 0 aromatic heterocycles. The van der Waals surface area contributed by atoms with E-state index in [-0.39, 0.29) is 0 Å². The molecule has 2 aliphatic rings. The molecule has 0 aromatic rings. The van der Waals surface area contributed by atoms with E-state index in [9.17, 15) is 13.2 Å². The van der Waals surface area contributed by atoms with E-state index in [4.69, 9.17) is 0 Å². The second-order valence-electron chi connectivity index (χ2n) is 6.28. The molecule has 5 heteroatoms. The topological polar surface area (TPSA) is 15.3 Å². The van der Waals surface area contributed by atoms with Crippen LogP contribution in [0.1, 0.15) is 51.9 Å². The van der Waals surface area contributed by atoms with E-state index in [0.717, 1.165) is 19.6 Å². The Labute approximate surface area is 120 Å². The summed E-state index contributed by atoms with van der Waals surface area (Å²) >= 11 is 0. The molecule has 1 atom stereocenters.